The number of imidazole rings is 1. The van der Waals surface area contributed by atoms with Crippen molar-refractivity contribution in [2.45, 2.75) is 6.54 Å². The summed E-state index contributed by atoms with van der Waals surface area (Å²) in [4.78, 5) is 4.73. The van der Waals surface area contributed by atoms with Gasteiger partial charge in [-0.15, -0.1) is 0 Å². The van der Waals surface area contributed by atoms with Crippen LogP contribution in [0.15, 0.2) is 72.8 Å². The molecule has 0 aliphatic heterocycles. The number of hydrogen-bond acceptors (Lipinski definition) is 1. The molecule has 0 bridgehead atoms. The fourth-order valence-electron chi connectivity index (χ4n) is 2.86. The molecule has 0 unspecified atom stereocenters. The number of nitrogens with zero attached hydrogens (tertiary/aromatic N) is 2. The van der Waals surface area contributed by atoms with Crippen LogP contribution in [0.3, 0.4) is 0 Å². The predicted octanol–water partition coefficient (Wildman–Crippen LogP) is 5.54. The van der Waals surface area contributed by atoms with E-state index in [0.717, 1.165) is 22.4 Å². The first-order chi connectivity index (χ1) is 11.7. The molecular weight excluding hydrogens is 323 g/mol. The summed E-state index contributed by atoms with van der Waals surface area (Å²) in [7, 11) is 0. The molecule has 2 nitrogen and oxygen atoms in total. The topological polar surface area (TPSA) is 17.8 Å². The Bertz CT molecular complexity index is 1010. The van der Waals surface area contributed by atoms with Crippen LogP contribution in [-0.2, 0) is 6.54 Å². The third-order valence-corrected chi connectivity index (χ3v) is 4.26. The lowest BCUT2D eigenvalue weighted by Gasteiger charge is -2.10. The van der Waals surface area contributed by atoms with Gasteiger partial charge in [-0.3, -0.25) is 0 Å². The zero-order chi connectivity index (χ0) is 16.5. The molecule has 0 atom stereocenters. The second-order valence-corrected chi connectivity index (χ2v) is 6.05. The molecule has 0 aliphatic carbocycles. The van der Waals surface area contributed by atoms with Crippen molar-refractivity contribution in [1.82, 2.24) is 9.55 Å². The number of benzene rings is 3. The van der Waals surface area contributed by atoms with Gasteiger partial charge < -0.3 is 4.57 Å². The Morgan fingerprint density at radius 1 is 0.917 bits per heavy atom. The first kappa shape index (κ1) is 14.9. The molecule has 0 radical (unpaired) electrons. The van der Waals surface area contributed by atoms with E-state index in [0.29, 0.717) is 17.1 Å². The van der Waals surface area contributed by atoms with E-state index in [4.69, 9.17) is 16.6 Å². The molecule has 1 heterocycles. The summed E-state index contributed by atoms with van der Waals surface area (Å²) in [6.45, 7) is 0.397. The van der Waals surface area contributed by atoms with Gasteiger partial charge >= 0.3 is 0 Å². The quantitative estimate of drug-likeness (QED) is 0.480. The van der Waals surface area contributed by atoms with Crippen LogP contribution < -0.4 is 0 Å². The summed E-state index contributed by atoms with van der Waals surface area (Å²) in [6, 6.07) is 22.3. The van der Waals surface area contributed by atoms with Gasteiger partial charge in [0.05, 0.1) is 17.6 Å². The summed E-state index contributed by atoms with van der Waals surface area (Å²) in [6.07, 6.45) is 0. The summed E-state index contributed by atoms with van der Waals surface area (Å²) >= 11 is 6.16. The zero-order valence-corrected chi connectivity index (χ0v) is 13.5. The van der Waals surface area contributed by atoms with Crippen molar-refractivity contribution in [3.05, 3.63) is 89.2 Å². The molecule has 118 valence electrons. The van der Waals surface area contributed by atoms with Gasteiger partial charge in [-0.2, -0.15) is 0 Å². The summed E-state index contributed by atoms with van der Waals surface area (Å²) in [5.41, 5.74) is 3.34. The molecule has 0 fully saturated rings. The lowest BCUT2D eigenvalue weighted by molar-refractivity contribution is 0.602. The lowest BCUT2D eigenvalue weighted by atomic mass is 10.2. The monoisotopic (exact) mass is 336 g/mol. The van der Waals surface area contributed by atoms with E-state index in [2.05, 4.69) is 0 Å². The maximum absolute atomic E-state index is 14.1. The van der Waals surface area contributed by atoms with Crippen LogP contribution in [0.1, 0.15) is 5.56 Å². The van der Waals surface area contributed by atoms with Crippen LogP contribution in [-0.4, -0.2) is 9.55 Å². The SMILES string of the molecule is Fc1ccccc1Cn1c(-c2ccccc2)nc2ccc(Cl)cc21. The fourth-order valence-corrected chi connectivity index (χ4v) is 3.03. The Hall–Kier alpha value is -2.65. The fraction of sp³-hybridized carbons (Fsp3) is 0.0500. The highest BCUT2D eigenvalue weighted by molar-refractivity contribution is 6.31. The number of halogens is 2. The van der Waals surface area contributed by atoms with E-state index in [1.807, 2.05) is 59.2 Å². The van der Waals surface area contributed by atoms with Gasteiger partial charge in [0, 0.05) is 16.1 Å². The van der Waals surface area contributed by atoms with Crippen molar-refractivity contribution in [2.24, 2.45) is 0 Å². The van der Waals surface area contributed by atoms with Gasteiger partial charge in [0.25, 0.3) is 0 Å². The molecule has 3 aromatic carbocycles. The molecule has 4 rings (SSSR count). The second-order valence-electron chi connectivity index (χ2n) is 5.61. The standard InChI is InChI=1S/C20H14ClFN2/c21-16-10-11-18-19(12-16)24(13-15-8-4-5-9-17(15)22)20(23-18)14-6-2-1-3-7-14/h1-12H,13H2. The van der Waals surface area contributed by atoms with Crippen LogP contribution >= 0.6 is 11.6 Å². The Labute approximate surface area is 144 Å². The third-order valence-electron chi connectivity index (χ3n) is 4.03. The molecule has 1 aromatic heterocycles. The minimum absolute atomic E-state index is 0.222. The van der Waals surface area contributed by atoms with Crippen molar-refractivity contribution in [3.63, 3.8) is 0 Å². The molecule has 4 heteroatoms. The number of fused-ring (bicyclic) bond motifs is 1. The molecule has 0 saturated heterocycles. The summed E-state index contributed by atoms with van der Waals surface area (Å²) in [5, 5.41) is 0.636. The maximum Gasteiger partial charge on any atom is 0.141 e. The van der Waals surface area contributed by atoms with Crippen LogP contribution in [0.25, 0.3) is 22.4 Å². The Morgan fingerprint density at radius 2 is 1.67 bits per heavy atom. The smallest absolute Gasteiger partial charge is 0.141 e. The van der Waals surface area contributed by atoms with Crippen LogP contribution in [0.5, 0.6) is 0 Å². The van der Waals surface area contributed by atoms with Crippen molar-refractivity contribution >= 4 is 22.6 Å². The minimum atomic E-state index is -0.222. The first-order valence-electron chi connectivity index (χ1n) is 7.67. The van der Waals surface area contributed by atoms with E-state index in [9.17, 15) is 4.39 Å². The Kier molecular flexibility index (Phi) is 3.79. The highest BCUT2D eigenvalue weighted by atomic mass is 35.5. The zero-order valence-electron chi connectivity index (χ0n) is 12.8. The number of rotatable bonds is 3. The first-order valence-corrected chi connectivity index (χ1v) is 8.05. The minimum Gasteiger partial charge on any atom is -0.319 e. The van der Waals surface area contributed by atoms with E-state index in [-0.39, 0.29) is 5.82 Å². The van der Waals surface area contributed by atoms with Gasteiger partial charge in [-0.25, -0.2) is 9.37 Å². The number of aromatic nitrogens is 2. The second kappa shape index (κ2) is 6.10. The molecule has 0 saturated carbocycles. The van der Waals surface area contributed by atoms with Gasteiger partial charge in [0.2, 0.25) is 0 Å². The highest BCUT2D eigenvalue weighted by Gasteiger charge is 2.14. The molecule has 0 spiro atoms. The van der Waals surface area contributed by atoms with E-state index in [1.54, 1.807) is 12.1 Å². The van der Waals surface area contributed by atoms with Crippen molar-refractivity contribution in [1.29, 1.82) is 0 Å². The van der Waals surface area contributed by atoms with Crippen molar-refractivity contribution in [2.75, 3.05) is 0 Å². The van der Waals surface area contributed by atoms with Crippen LogP contribution in [0.2, 0.25) is 5.02 Å². The molecule has 0 N–H and O–H groups in total. The third kappa shape index (κ3) is 2.68. The van der Waals surface area contributed by atoms with E-state index in [1.165, 1.54) is 6.07 Å². The van der Waals surface area contributed by atoms with Crippen LogP contribution in [0.4, 0.5) is 4.39 Å². The lowest BCUT2D eigenvalue weighted by Crippen LogP contribution is -2.04. The van der Waals surface area contributed by atoms with Crippen molar-refractivity contribution in [3.8, 4) is 11.4 Å². The van der Waals surface area contributed by atoms with E-state index < -0.39 is 0 Å². The highest BCUT2D eigenvalue weighted by Crippen LogP contribution is 2.28. The Balaban J connectivity index is 1.94. The predicted molar refractivity (Wildman–Crippen MR) is 95.7 cm³/mol. The number of hydrogen-bond donors (Lipinski definition) is 0. The summed E-state index contributed by atoms with van der Waals surface area (Å²) < 4.78 is 16.1. The average molecular weight is 337 g/mol. The molecule has 0 aliphatic rings. The average Bonchev–Trinajstić information content (AvgIpc) is 2.96. The normalized spacial score (nSPS) is 11.1. The summed E-state index contributed by atoms with van der Waals surface area (Å²) in [5.74, 6) is 0.580. The van der Waals surface area contributed by atoms with Crippen molar-refractivity contribution < 1.29 is 4.39 Å². The van der Waals surface area contributed by atoms with Gasteiger partial charge in [0.15, 0.2) is 0 Å². The Morgan fingerprint density at radius 3 is 2.46 bits per heavy atom. The molecular formula is C20H14ClFN2. The van der Waals surface area contributed by atoms with E-state index >= 15 is 0 Å². The van der Waals surface area contributed by atoms with Gasteiger partial charge in [-0.1, -0.05) is 60.1 Å². The van der Waals surface area contributed by atoms with Gasteiger partial charge in [-0.05, 0) is 24.3 Å². The van der Waals surface area contributed by atoms with Crippen LogP contribution in [0, 0.1) is 5.82 Å². The molecule has 0 amide bonds. The molecule has 4 aromatic rings. The maximum atomic E-state index is 14.1. The molecule has 24 heavy (non-hydrogen) atoms. The van der Waals surface area contributed by atoms with Gasteiger partial charge in [0.1, 0.15) is 11.6 Å². The largest absolute Gasteiger partial charge is 0.319 e.